The lowest BCUT2D eigenvalue weighted by molar-refractivity contribution is 0.194. The molecule has 0 amide bonds. The van der Waals surface area contributed by atoms with Crippen molar-refractivity contribution in [3.63, 3.8) is 0 Å². The summed E-state index contributed by atoms with van der Waals surface area (Å²) >= 11 is 3.82. The second-order valence-corrected chi connectivity index (χ2v) is 7.57. The SMILES string of the molecule is CCC(CC)n1ccc(CC2(CBr)CC3CCC2C3)n1. The van der Waals surface area contributed by atoms with Crippen LogP contribution in [0.3, 0.4) is 0 Å². The van der Waals surface area contributed by atoms with E-state index >= 15 is 0 Å². The predicted molar refractivity (Wildman–Crippen MR) is 87.2 cm³/mol. The van der Waals surface area contributed by atoms with Gasteiger partial charge in [-0.05, 0) is 61.8 Å². The fourth-order valence-electron chi connectivity index (χ4n) is 4.68. The smallest absolute Gasteiger partial charge is 0.0630 e. The van der Waals surface area contributed by atoms with E-state index in [4.69, 9.17) is 5.10 Å². The van der Waals surface area contributed by atoms with Crippen molar-refractivity contribution in [3.8, 4) is 0 Å². The Morgan fingerprint density at radius 2 is 2.20 bits per heavy atom. The second kappa shape index (κ2) is 5.82. The van der Waals surface area contributed by atoms with Gasteiger partial charge in [0.15, 0.2) is 0 Å². The molecule has 1 aromatic rings. The number of aromatic nitrogens is 2. The number of rotatable bonds is 6. The molecule has 20 heavy (non-hydrogen) atoms. The topological polar surface area (TPSA) is 17.8 Å². The summed E-state index contributed by atoms with van der Waals surface area (Å²) in [6.07, 6.45) is 11.5. The summed E-state index contributed by atoms with van der Waals surface area (Å²) in [7, 11) is 0. The van der Waals surface area contributed by atoms with Gasteiger partial charge in [-0.1, -0.05) is 36.2 Å². The van der Waals surface area contributed by atoms with E-state index < -0.39 is 0 Å². The monoisotopic (exact) mass is 338 g/mol. The van der Waals surface area contributed by atoms with Crippen LogP contribution >= 0.6 is 15.9 Å². The van der Waals surface area contributed by atoms with E-state index in [1.165, 1.54) is 50.6 Å². The number of alkyl halides is 1. The molecule has 1 aromatic heterocycles. The largest absolute Gasteiger partial charge is 0.269 e. The van der Waals surface area contributed by atoms with E-state index in [0.717, 1.165) is 17.2 Å². The van der Waals surface area contributed by atoms with E-state index in [1.54, 1.807) is 0 Å². The van der Waals surface area contributed by atoms with Crippen LogP contribution in [-0.2, 0) is 6.42 Å². The van der Waals surface area contributed by atoms with Crippen LogP contribution in [0.5, 0.6) is 0 Å². The number of halogens is 1. The summed E-state index contributed by atoms with van der Waals surface area (Å²) in [5.41, 5.74) is 1.81. The Hall–Kier alpha value is -0.310. The van der Waals surface area contributed by atoms with Gasteiger partial charge < -0.3 is 0 Å². The third-order valence-electron chi connectivity index (χ3n) is 5.88. The number of hydrogen-bond donors (Lipinski definition) is 0. The zero-order chi connectivity index (χ0) is 14.2. The van der Waals surface area contributed by atoms with Crippen molar-refractivity contribution >= 4 is 15.9 Å². The van der Waals surface area contributed by atoms with Gasteiger partial charge in [-0.2, -0.15) is 5.10 Å². The van der Waals surface area contributed by atoms with Crippen LogP contribution in [0.4, 0.5) is 0 Å². The van der Waals surface area contributed by atoms with Crippen molar-refractivity contribution in [2.24, 2.45) is 17.3 Å². The van der Waals surface area contributed by atoms with Crippen LogP contribution in [-0.4, -0.2) is 15.1 Å². The maximum atomic E-state index is 4.89. The minimum Gasteiger partial charge on any atom is -0.269 e. The zero-order valence-corrected chi connectivity index (χ0v) is 14.4. The molecule has 3 heteroatoms. The van der Waals surface area contributed by atoms with E-state index in [0.29, 0.717) is 11.5 Å². The van der Waals surface area contributed by atoms with E-state index in [-0.39, 0.29) is 0 Å². The molecule has 0 N–H and O–H groups in total. The standard InChI is InChI=1S/C17H27BrN2/c1-3-16(4-2)20-8-7-15(19-20)11-17(12-18)10-13-5-6-14(17)9-13/h7-8,13-14,16H,3-6,9-12H2,1-2H3. The first-order chi connectivity index (χ1) is 9.70. The van der Waals surface area contributed by atoms with Gasteiger partial charge in [0.25, 0.3) is 0 Å². The van der Waals surface area contributed by atoms with Crippen LogP contribution in [0, 0.1) is 17.3 Å². The van der Waals surface area contributed by atoms with Crippen LogP contribution < -0.4 is 0 Å². The van der Waals surface area contributed by atoms with Crippen LogP contribution in [0.25, 0.3) is 0 Å². The summed E-state index contributed by atoms with van der Waals surface area (Å²) in [6.45, 7) is 4.51. The lowest BCUT2D eigenvalue weighted by Crippen LogP contribution is -2.32. The van der Waals surface area contributed by atoms with Crippen molar-refractivity contribution in [2.75, 3.05) is 5.33 Å². The third kappa shape index (κ3) is 2.47. The molecule has 2 saturated carbocycles. The van der Waals surface area contributed by atoms with Crippen molar-refractivity contribution in [3.05, 3.63) is 18.0 Å². The van der Waals surface area contributed by atoms with Gasteiger partial charge >= 0.3 is 0 Å². The summed E-state index contributed by atoms with van der Waals surface area (Å²) in [5, 5.41) is 6.04. The molecule has 1 heterocycles. The van der Waals surface area contributed by atoms with Crippen LogP contribution in [0.15, 0.2) is 12.3 Å². The summed E-state index contributed by atoms with van der Waals surface area (Å²) in [5.74, 6) is 1.93. The van der Waals surface area contributed by atoms with Crippen LogP contribution in [0.1, 0.15) is 64.1 Å². The predicted octanol–water partition coefficient (Wildman–Crippen LogP) is 4.99. The molecule has 3 atom stereocenters. The Morgan fingerprint density at radius 1 is 1.40 bits per heavy atom. The second-order valence-electron chi connectivity index (χ2n) is 7.01. The minimum absolute atomic E-state index is 0.496. The average Bonchev–Trinajstić information content (AvgIpc) is 3.16. The van der Waals surface area contributed by atoms with Gasteiger partial charge in [0.2, 0.25) is 0 Å². The van der Waals surface area contributed by atoms with Crippen LogP contribution in [0.2, 0.25) is 0 Å². The highest BCUT2D eigenvalue weighted by atomic mass is 79.9. The Morgan fingerprint density at radius 3 is 2.75 bits per heavy atom. The molecule has 112 valence electrons. The van der Waals surface area contributed by atoms with Gasteiger partial charge in [0.05, 0.1) is 11.7 Å². The van der Waals surface area contributed by atoms with Crippen molar-refractivity contribution in [2.45, 2.75) is 64.8 Å². The molecule has 3 unspecified atom stereocenters. The molecule has 0 saturated heterocycles. The Labute approximate surface area is 131 Å². The molecule has 0 spiro atoms. The molecule has 2 fully saturated rings. The summed E-state index contributed by atoms with van der Waals surface area (Å²) in [4.78, 5) is 0. The molecule has 2 nitrogen and oxygen atoms in total. The van der Waals surface area contributed by atoms with E-state index in [9.17, 15) is 0 Å². The zero-order valence-electron chi connectivity index (χ0n) is 12.8. The van der Waals surface area contributed by atoms with Crippen molar-refractivity contribution in [1.82, 2.24) is 9.78 Å². The third-order valence-corrected chi connectivity index (χ3v) is 7.00. The summed E-state index contributed by atoms with van der Waals surface area (Å²) < 4.78 is 2.20. The first-order valence-electron chi connectivity index (χ1n) is 8.30. The number of nitrogens with zero attached hydrogens (tertiary/aromatic N) is 2. The lowest BCUT2D eigenvalue weighted by Gasteiger charge is -2.35. The first-order valence-corrected chi connectivity index (χ1v) is 9.43. The highest BCUT2D eigenvalue weighted by Crippen LogP contribution is 2.57. The highest BCUT2D eigenvalue weighted by Gasteiger charge is 2.50. The molecular weight excluding hydrogens is 312 g/mol. The maximum Gasteiger partial charge on any atom is 0.0630 e. The van der Waals surface area contributed by atoms with Gasteiger partial charge in [0.1, 0.15) is 0 Å². The fourth-order valence-corrected chi connectivity index (χ4v) is 5.57. The van der Waals surface area contributed by atoms with Crippen molar-refractivity contribution < 1.29 is 0 Å². The van der Waals surface area contributed by atoms with Crippen molar-refractivity contribution in [1.29, 1.82) is 0 Å². The van der Waals surface area contributed by atoms with E-state index in [1.807, 2.05) is 0 Å². The fraction of sp³-hybridized carbons (Fsp3) is 0.824. The Kier molecular flexibility index (Phi) is 4.26. The molecule has 2 aliphatic rings. The average molecular weight is 339 g/mol. The van der Waals surface area contributed by atoms with Gasteiger partial charge in [-0.25, -0.2) is 0 Å². The Bertz CT molecular complexity index is 452. The Balaban J connectivity index is 1.74. The minimum atomic E-state index is 0.496. The molecule has 0 radical (unpaired) electrons. The van der Waals surface area contributed by atoms with Gasteiger partial charge in [0, 0.05) is 11.5 Å². The van der Waals surface area contributed by atoms with Gasteiger partial charge in [-0.15, -0.1) is 0 Å². The lowest BCUT2D eigenvalue weighted by atomic mass is 9.72. The quantitative estimate of drug-likeness (QED) is 0.668. The summed E-state index contributed by atoms with van der Waals surface area (Å²) in [6, 6.07) is 2.83. The number of fused-ring (bicyclic) bond motifs is 2. The highest BCUT2D eigenvalue weighted by molar-refractivity contribution is 9.09. The molecule has 2 bridgehead atoms. The molecule has 3 rings (SSSR count). The molecule has 2 aliphatic carbocycles. The molecule has 0 aliphatic heterocycles. The maximum absolute atomic E-state index is 4.89. The molecular formula is C17H27BrN2. The molecule has 0 aromatic carbocycles. The first kappa shape index (κ1) is 14.6. The normalized spacial score (nSPS) is 32.4. The van der Waals surface area contributed by atoms with Gasteiger partial charge in [-0.3, -0.25) is 4.68 Å². The van der Waals surface area contributed by atoms with E-state index in [2.05, 4.69) is 46.7 Å². The number of hydrogen-bond acceptors (Lipinski definition) is 1.